The molecule has 170 valence electrons. The third-order valence-electron chi connectivity index (χ3n) is 5.73. The maximum atomic E-state index is 13.0. The smallest absolute Gasteiger partial charge is 0.416 e. The summed E-state index contributed by atoms with van der Waals surface area (Å²) in [4.78, 5) is 16.9. The molecule has 0 radical (unpaired) electrons. The van der Waals surface area contributed by atoms with E-state index in [0.717, 1.165) is 42.1 Å². The average Bonchev–Trinajstić information content (AvgIpc) is 3.29. The van der Waals surface area contributed by atoms with E-state index in [0.29, 0.717) is 26.2 Å². The van der Waals surface area contributed by atoms with Crippen LogP contribution in [-0.2, 0) is 12.7 Å². The van der Waals surface area contributed by atoms with Gasteiger partial charge < -0.3 is 13.8 Å². The highest BCUT2D eigenvalue weighted by Gasteiger charge is 2.31. The van der Waals surface area contributed by atoms with Gasteiger partial charge in [-0.1, -0.05) is 17.3 Å². The van der Waals surface area contributed by atoms with Crippen LogP contribution in [0.1, 0.15) is 39.6 Å². The monoisotopic (exact) mass is 447 g/mol. The van der Waals surface area contributed by atoms with Crippen molar-refractivity contribution < 1.29 is 26.9 Å². The Labute approximate surface area is 183 Å². The van der Waals surface area contributed by atoms with Gasteiger partial charge in [-0.3, -0.25) is 9.69 Å². The summed E-state index contributed by atoms with van der Waals surface area (Å²) in [6, 6.07) is 7.93. The van der Waals surface area contributed by atoms with E-state index in [1.165, 1.54) is 24.3 Å². The van der Waals surface area contributed by atoms with Crippen molar-refractivity contribution in [1.82, 2.24) is 15.0 Å². The predicted molar refractivity (Wildman–Crippen MR) is 111 cm³/mol. The first-order valence-corrected chi connectivity index (χ1v) is 10.4. The zero-order valence-corrected chi connectivity index (χ0v) is 17.9. The van der Waals surface area contributed by atoms with Gasteiger partial charge >= 0.3 is 6.18 Å². The largest absolute Gasteiger partial charge is 0.451 e. The van der Waals surface area contributed by atoms with Gasteiger partial charge in [0.2, 0.25) is 0 Å². The maximum Gasteiger partial charge on any atom is 0.416 e. The van der Waals surface area contributed by atoms with Crippen molar-refractivity contribution >= 4 is 5.91 Å². The Hall–Kier alpha value is -3.07. The predicted octanol–water partition coefficient (Wildman–Crippen LogP) is 4.92. The van der Waals surface area contributed by atoms with E-state index >= 15 is 0 Å². The number of hydrogen-bond donors (Lipinski definition) is 0. The van der Waals surface area contributed by atoms with Crippen molar-refractivity contribution in [2.24, 2.45) is 0 Å². The molecule has 0 N–H and O–H groups in total. The molecule has 0 spiro atoms. The normalized spacial score (nSPS) is 15.7. The standard InChI is InChI=1S/C23H24F3N3O3/c1-15-19(16(2)32-27-15)14-28-9-4-10-29(12-11-28)22(30)21-8-7-20(31-21)17-5-3-6-18(13-17)23(24,25)26/h3,5-8,13H,4,9-12,14H2,1-2H3. The summed E-state index contributed by atoms with van der Waals surface area (Å²) in [5.41, 5.74) is 1.46. The summed E-state index contributed by atoms with van der Waals surface area (Å²) in [6.07, 6.45) is -3.64. The van der Waals surface area contributed by atoms with Crippen molar-refractivity contribution in [3.05, 3.63) is 64.7 Å². The molecule has 0 atom stereocenters. The van der Waals surface area contributed by atoms with Crippen LogP contribution >= 0.6 is 0 Å². The lowest BCUT2D eigenvalue weighted by Gasteiger charge is -2.21. The van der Waals surface area contributed by atoms with Gasteiger partial charge in [-0.05, 0) is 44.5 Å². The molecule has 6 nitrogen and oxygen atoms in total. The van der Waals surface area contributed by atoms with Crippen LogP contribution in [0.4, 0.5) is 13.2 Å². The highest BCUT2D eigenvalue weighted by atomic mass is 19.4. The number of hydrogen-bond acceptors (Lipinski definition) is 5. The van der Waals surface area contributed by atoms with E-state index < -0.39 is 11.7 Å². The molecule has 1 aromatic carbocycles. The molecule has 1 saturated heterocycles. The van der Waals surface area contributed by atoms with E-state index in [1.54, 1.807) is 4.90 Å². The van der Waals surface area contributed by atoms with Gasteiger partial charge in [0.25, 0.3) is 5.91 Å². The number of alkyl halides is 3. The second-order valence-electron chi connectivity index (χ2n) is 7.97. The first-order chi connectivity index (χ1) is 15.2. The molecule has 3 heterocycles. The van der Waals surface area contributed by atoms with Gasteiger partial charge in [0.1, 0.15) is 11.5 Å². The highest BCUT2D eigenvalue weighted by molar-refractivity contribution is 5.92. The van der Waals surface area contributed by atoms with Crippen LogP contribution in [0.25, 0.3) is 11.3 Å². The molecule has 0 saturated carbocycles. The third-order valence-corrected chi connectivity index (χ3v) is 5.73. The summed E-state index contributed by atoms with van der Waals surface area (Å²) in [5, 5.41) is 3.99. The molecule has 0 bridgehead atoms. The Bertz CT molecular complexity index is 1080. The lowest BCUT2D eigenvalue weighted by Crippen LogP contribution is -2.35. The Morgan fingerprint density at radius 3 is 2.62 bits per heavy atom. The Morgan fingerprint density at radius 2 is 1.91 bits per heavy atom. The van der Waals surface area contributed by atoms with Crippen LogP contribution in [0.5, 0.6) is 0 Å². The van der Waals surface area contributed by atoms with E-state index in [1.807, 2.05) is 13.8 Å². The van der Waals surface area contributed by atoms with Gasteiger partial charge in [-0.25, -0.2) is 0 Å². The molecule has 32 heavy (non-hydrogen) atoms. The number of furan rings is 1. The maximum absolute atomic E-state index is 13.0. The number of amides is 1. The number of nitrogens with zero attached hydrogens (tertiary/aromatic N) is 3. The number of rotatable bonds is 4. The summed E-state index contributed by atoms with van der Waals surface area (Å²) < 4.78 is 49.8. The molecule has 2 aromatic heterocycles. The van der Waals surface area contributed by atoms with Gasteiger partial charge in [0.05, 0.1) is 11.3 Å². The van der Waals surface area contributed by atoms with Crippen molar-refractivity contribution in [2.75, 3.05) is 26.2 Å². The summed E-state index contributed by atoms with van der Waals surface area (Å²) in [6.45, 7) is 7.15. The molecule has 1 aliphatic heterocycles. The Morgan fingerprint density at radius 1 is 1.09 bits per heavy atom. The topological polar surface area (TPSA) is 62.7 Å². The Balaban J connectivity index is 1.43. The van der Waals surface area contributed by atoms with Crippen molar-refractivity contribution in [3.8, 4) is 11.3 Å². The van der Waals surface area contributed by atoms with Crippen LogP contribution < -0.4 is 0 Å². The first kappa shape index (κ1) is 22.1. The van der Waals surface area contributed by atoms with Gasteiger partial charge in [-0.2, -0.15) is 13.2 Å². The fraction of sp³-hybridized carbons (Fsp3) is 0.391. The summed E-state index contributed by atoms with van der Waals surface area (Å²) in [5.74, 6) is 0.894. The number of benzene rings is 1. The second-order valence-corrected chi connectivity index (χ2v) is 7.97. The number of aromatic nitrogens is 1. The van der Waals surface area contributed by atoms with E-state index in [2.05, 4.69) is 10.1 Å². The highest BCUT2D eigenvalue weighted by Crippen LogP contribution is 2.32. The quantitative estimate of drug-likeness (QED) is 0.568. The molecule has 1 aliphatic rings. The van der Waals surface area contributed by atoms with Crippen LogP contribution in [0.3, 0.4) is 0 Å². The SMILES string of the molecule is Cc1noc(C)c1CN1CCCN(C(=O)c2ccc(-c3cccc(C(F)(F)F)c3)o2)CC1. The number of aryl methyl sites for hydroxylation is 2. The summed E-state index contributed by atoms with van der Waals surface area (Å²) >= 11 is 0. The van der Waals surface area contributed by atoms with Gasteiger partial charge in [0, 0.05) is 43.9 Å². The molecule has 0 aliphatic carbocycles. The minimum atomic E-state index is -4.44. The molecule has 9 heteroatoms. The molecule has 3 aromatic rings. The lowest BCUT2D eigenvalue weighted by atomic mass is 10.1. The van der Waals surface area contributed by atoms with Crippen molar-refractivity contribution in [1.29, 1.82) is 0 Å². The fourth-order valence-electron chi connectivity index (χ4n) is 3.90. The molecular weight excluding hydrogens is 423 g/mol. The molecule has 1 amide bonds. The van der Waals surface area contributed by atoms with Crippen LogP contribution in [0, 0.1) is 13.8 Å². The van der Waals surface area contributed by atoms with Crippen molar-refractivity contribution in [3.63, 3.8) is 0 Å². The minimum Gasteiger partial charge on any atom is -0.451 e. The Kier molecular flexibility index (Phi) is 6.10. The summed E-state index contributed by atoms with van der Waals surface area (Å²) in [7, 11) is 0. The van der Waals surface area contributed by atoms with Crippen LogP contribution in [0.2, 0.25) is 0 Å². The average molecular weight is 447 g/mol. The zero-order valence-electron chi connectivity index (χ0n) is 17.9. The lowest BCUT2D eigenvalue weighted by molar-refractivity contribution is -0.137. The minimum absolute atomic E-state index is 0.122. The van der Waals surface area contributed by atoms with Gasteiger partial charge in [0.15, 0.2) is 5.76 Å². The fourth-order valence-corrected chi connectivity index (χ4v) is 3.90. The zero-order chi connectivity index (χ0) is 22.9. The second kappa shape index (κ2) is 8.82. The van der Waals surface area contributed by atoms with Crippen LogP contribution in [0.15, 0.2) is 45.3 Å². The molecule has 4 rings (SSSR count). The van der Waals surface area contributed by atoms with E-state index in [4.69, 9.17) is 8.94 Å². The molecular formula is C23H24F3N3O3. The van der Waals surface area contributed by atoms with Gasteiger partial charge in [-0.15, -0.1) is 0 Å². The molecule has 1 fully saturated rings. The van der Waals surface area contributed by atoms with Crippen LogP contribution in [-0.4, -0.2) is 47.0 Å². The van der Waals surface area contributed by atoms with Crippen molar-refractivity contribution in [2.45, 2.75) is 33.0 Å². The first-order valence-electron chi connectivity index (χ1n) is 10.4. The number of carbonyl (C=O) groups excluding carboxylic acids is 1. The van der Waals surface area contributed by atoms with E-state index in [9.17, 15) is 18.0 Å². The third kappa shape index (κ3) is 4.72. The van der Waals surface area contributed by atoms with E-state index in [-0.39, 0.29) is 23.0 Å². The number of halogens is 3. The molecule has 0 unspecified atom stereocenters. The number of carbonyl (C=O) groups is 1.